The largest absolute Gasteiger partial charge is 0.462 e. The van der Waals surface area contributed by atoms with Crippen LogP contribution in [0.3, 0.4) is 0 Å². The molecule has 2 N–H and O–H groups in total. The van der Waals surface area contributed by atoms with E-state index >= 15 is 0 Å². The molecular formula is C23H27NO6. The van der Waals surface area contributed by atoms with Gasteiger partial charge in [0.2, 0.25) is 0 Å². The zero-order valence-electron chi connectivity index (χ0n) is 16.9. The summed E-state index contributed by atoms with van der Waals surface area (Å²) in [5.41, 5.74) is 0.995. The van der Waals surface area contributed by atoms with Crippen molar-refractivity contribution in [3.63, 3.8) is 0 Å². The van der Waals surface area contributed by atoms with Crippen LogP contribution in [0, 0.1) is 5.92 Å². The predicted molar refractivity (Wildman–Crippen MR) is 110 cm³/mol. The average Bonchev–Trinajstić information content (AvgIpc) is 2.78. The Hall–Kier alpha value is -2.58. The number of carbonyl (C=O) groups excluding carboxylic acids is 2. The number of aliphatic hydroxyl groups excluding tert-OH is 2. The molecule has 0 radical (unpaired) electrons. The van der Waals surface area contributed by atoms with Crippen LogP contribution in [0.15, 0.2) is 54.6 Å². The van der Waals surface area contributed by atoms with Crippen LogP contribution < -0.4 is 0 Å². The van der Waals surface area contributed by atoms with Gasteiger partial charge >= 0.3 is 5.97 Å². The lowest BCUT2D eigenvalue weighted by Gasteiger charge is -2.38. The fourth-order valence-electron chi connectivity index (χ4n) is 3.61. The zero-order valence-corrected chi connectivity index (χ0v) is 16.9. The van der Waals surface area contributed by atoms with E-state index in [1.807, 2.05) is 17.9 Å². The maximum atomic E-state index is 12.8. The standard InChI is InChI=1S/C23H27NO6/c1-16(20(14-25)24-11-12-29-21(26)13-24)15-30-23(28)19-10-6-5-9-18(19)22(27)17-7-3-2-4-8-17/h2-10,16,20-21,25-26H,11-15H2,1H3. The summed E-state index contributed by atoms with van der Waals surface area (Å²) in [6.45, 7) is 3.06. The highest BCUT2D eigenvalue weighted by Gasteiger charge is 2.29. The minimum atomic E-state index is -0.890. The number of ether oxygens (including phenoxy) is 2. The molecule has 0 amide bonds. The lowest BCUT2D eigenvalue weighted by molar-refractivity contribution is -0.159. The first-order chi connectivity index (χ1) is 14.5. The fraction of sp³-hybridized carbons (Fsp3) is 0.391. The summed E-state index contributed by atoms with van der Waals surface area (Å²) in [5.74, 6) is -1.01. The van der Waals surface area contributed by atoms with Gasteiger partial charge in [0.05, 0.1) is 25.4 Å². The number of aliphatic hydroxyl groups is 2. The van der Waals surface area contributed by atoms with E-state index in [9.17, 15) is 19.8 Å². The molecule has 1 aliphatic heterocycles. The molecule has 2 aromatic carbocycles. The van der Waals surface area contributed by atoms with E-state index in [-0.39, 0.29) is 48.6 Å². The first-order valence-electron chi connectivity index (χ1n) is 10.0. The Morgan fingerprint density at radius 1 is 1.13 bits per heavy atom. The SMILES string of the molecule is CC(COC(=O)c1ccccc1C(=O)c1ccccc1)C(CO)N1CCOC(O)C1. The Morgan fingerprint density at radius 2 is 1.80 bits per heavy atom. The number of esters is 1. The van der Waals surface area contributed by atoms with Crippen molar-refractivity contribution < 1.29 is 29.3 Å². The molecule has 30 heavy (non-hydrogen) atoms. The molecule has 3 rings (SSSR count). The second-order valence-corrected chi connectivity index (χ2v) is 7.39. The number of hydrogen-bond acceptors (Lipinski definition) is 7. The van der Waals surface area contributed by atoms with Gasteiger partial charge in [0.1, 0.15) is 0 Å². The van der Waals surface area contributed by atoms with Crippen molar-refractivity contribution in [1.82, 2.24) is 4.90 Å². The normalized spacial score (nSPS) is 19.1. The smallest absolute Gasteiger partial charge is 0.338 e. The fourth-order valence-corrected chi connectivity index (χ4v) is 3.61. The third-order valence-corrected chi connectivity index (χ3v) is 5.30. The van der Waals surface area contributed by atoms with E-state index in [1.54, 1.807) is 48.5 Å². The van der Waals surface area contributed by atoms with E-state index in [0.29, 0.717) is 18.7 Å². The Kier molecular flexibility index (Phi) is 7.70. The number of rotatable bonds is 8. The second kappa shape index (κ2) is 10.4. The van der Waals surface area contributed by atoms with Crippen molar-refractivity contribution in [3.8, 4) is 0 Å². The van der Waals surface area contributed by atoms with Gasteiger partial charge in [-0.25, -0.2) is 4.79 Å². The number of ketones is 1. The highest BCUT2D eigenvalue weighted by atomic mass is 16.6. The van der Waals surface area contributed by atoms with Crippen LogP contribution in [-0.4, -0.2) is 72.1 Å². The minimum Gasteiger partial charge on any atom is -0.462 e. The average molecular weight is 413 g/mol. The third kappa shape index (κ3) is 5.31. The molecule has 1 saturated heterocycles. The number of hydrogen-bond donors (Lipinski definition) is 2. The van der Waals surface area contributed by atoms with Gasteiger partial charge in [0.15, 0.2) is 12.1 Å². The van der Waals surface area contributed by atoms with Gasteiger partial charge < -0.3 is 19.7 Å². The molecular weight excluding hydrogens is 386 g/mol. The van der Waals surface area contributed by atoms with Gasteiger partial charge in [0, 0.05) is 36.2 Å². The predicted octanol–water partition coefficient (Wildman–Crippen LogP) is 1.72. The van der Waals surface area contributed by atoms with E-state index in [1.165, 1.54) is 0 Å². The maximum absolute atomic E-state index is 12.8. The summed E-state index contributed by atoms with van der Waals surface area (Å²) in [6, 6.07) is 15.1. The quantitative estimate of drug-likeness (QED) is 0.502. The monoisotopic (exact) mass is 413 g/mol. The van der Waals surface area contributed by atoms with Crippen molar-refractivity contribution in [1.29, 1.82) is 0 Å². The molecule has 7 heteroatoms. The van der Waals surface area contributed by atoms with Crippen LogP contribution in [0.4, 0.5) is 0 Å². The number of morpholine rings is 1. The Bertz CT molecular complexity index is 856. The van der Waals surface area contributed by atoms with E-state index in [4.69, 9.17) is 9.47 Å². The molecule has 1 fully saturated rings. The van der Waals surface area contributed by atoms with Crippen molar-refractivity contribution in [3.05, 3.63) is 71.3 Å². The van der Waals surface area contributed by atoms with Crippen molar-refractivity contribution in [2.75, 3.05) is 32.9 Å². The van der Waals surface area contributed by atoms with Gasteiger partial charge in [0.25, 0.3) is 0 Å². The Balaban J connectivity index is 1.67. The van der Waals surface area contributed by atoms with Gasteiger partial charge in [-0.2, -0.15) is 0 Å². The molecule has 1 aliphatic rings. The van der Waals surface area contributed by atoms with Crippen molar-refractivity contribution >= 4 is 11.8 Å². The summed E-state index contributed by atoms with van der Waals surface area (Å²) in [7, 11) is 0. The van der Waals surface area contributed by atoms with Crippen LogP contribution in [0.2, 0.25) is 0 Å². The summed E-state index contributed by atoms with van der Waals surface area (Å²) in [6.07, 6.45) is -0.890. The summed E-state index contributed by atoms with van der Waals surface area (Å²) < 4.78 is 10.6. The number of benzene rings is 2. The van der Waals surface area contributed by atoms with Crippen molar-refractivity contribution in [2.24, 2.45) is 5.92 Å². The van der Waals surface area contributed by atoms with Gasteiger partial charge in [-0.05, 0) is 6.07 Å². The highest BCUT2D eigenvalue weighted by Crippen LogP contribution is 2.19. The van der Waals surface area contributed by atoms with Gasteiger partial charge in [-0.3, -0.25) is 9.69 Å². The molecule has 1 heterocycles. The Labute approximate surface area is 175 Å². The van der Waals surface area contributed by atoms with Gasteiger partial charge in [-0.1, -0.05) is 55.5 Å². The first-order valence-corrected chi connectivity index (χ1v) is 10.0. The topological polar surface area (TPSA) is 96.3 Å². The second-order valence-electron chi connectivity index (χ2n) is 7.39. The number of nitrogens with zero attached hydrogens (tertiary/aromatic N) is 1. The summed E-state index contributed by atoms with van der Waals surface area (Å²) >= 11 is 0. The van der Waals surface area contributed by atoms with Gasteiger partial charge in [-0.15, -0.1) is 0 Å². The number of carbonyl (C=O) groups is 2. The molecule has 0 bridgehead atoms. The lowest BCUT2D eigenvalue weighted by Crippen LogP contribution is -2.52. The minimum absolute atomic E-state index is 0.0748. The summed E-state index contributed by atoms with van der Waals surface area (Å²) in [5, 5.41) is 19.5. The summed E-state index contributed by atoms with van der Waals surface area (Å²) in [4.78, 5) is 27.5. The third-order valence-electron chi connectivity index (χ3n) is 5.30. The number of β-amino-alcohol motifs (C(OH)–C–C–N with tert-alkyl or cyclic N) is 1. The van der Waals surface area contributed by atoms with Crippen LogP contribution in [-0.2, 0) is 9.47 Å². The molecule has 7 nitrogen and oxygen atoms in total. The maximum Gasteiger partial charge on any atom is 0.338 e. The molecule has 3 unspecified atom stereocenters. The Morgan fingerprint density at radius 3 is 2.47 bits per heavy atom. The van der Waals surface area contributed by atoms with E-state index in [2.05, 4.69) is 0 Å². The van der Waals surface area contributed by atoms with Crippen LogP contribution >= 0.6 is 0 Å². The molecule has 160 valence electrons. The van der Waals surface area contributed by atoms with E-state index in [0.717, 1.165) is 0 Å². The molecule has 0 aromatic heterocycles. The van der Waals surface area contributed by atoms with E-state index < -0.39 is 12.3 Å². The van der Waals surface area contributed by atoms with Crippen LogP contribution in [0.25, 0.3) is 0 Å². The highest BCUT2D eigenvalue weighted by molar-refractivity contribution is 6.14. The molecule has 3 atom stereocenters. The molecule has 0 spiro atoms. The lowest BCUT2D eigenvalue weighted by atomic mass is 9.98. The van der Waals surface area contributed by atoms with Crippen molar-refractivity contribution in [2.45, 2.75) is 19.3 Å². The zero-order chi connectivity index (χ0) is 21.5. The first kappa shape index (κ1) is 22.1. The molecule has 2 aromatic rings. The molecule has 0 aliphatic carbocycles. The molecule has 0 saturated carbocycles. The van der Waals surface area contributed by atoms with Crippen LogP contribution in [0.1, 0.15) is 33.2 Å². The van der Waals surface area contributed by atoms with Crippen LogP contribution in [0.5, 0.6) is 0 Å².